The zero-order valence-corrected chi connectivity index (χ0v) is 12.9. The second-order valence-electron chi connectivity index (χ2n) is 4.92. The number of hydrogen-bond acceptors (Lipinski definition) is 4. The van der Waals surface area contributed by atoms with Crippen molar-refractivity contribution in [3.8, 4) is 11.3 Å². The van der Waals surface area contributed by atoms with Gasteiger partial charge in [-0.3, -0.25) is 4.98 Å². The van der Waals surface area contributed by atoms with E-state index in [9.17, 15) is 0 Å². The minimum Gasteiger partial charge on any atom is -0.332 e. The molecule has 3 nitrogen and oxygen atoms in total. The maximum Gasteiger partial charge on any atom is 0.187 e. The molecule has 0 aliphatic heterocycles. The van der Waals surface area contributed by atoms with Gasteiger partial charge in [0.1, 0.15) is 0 Å². The molecule has 0 fully saturated rings. The first-order chi connectivity index (χ1) is 10.2. The van der Waals surface area contributed by atoms with Crippen LogP contribution in [0.2, 0.25) is 0 Å². The van der Waals surface area contributed by atoms with Gasteiger partial charge in [-0.15, -0.1) is 11.3 Å². The first-order valence-corrected chi connectivity index (χ1v) is 7.87. The number of pyridine rings is 1. The lowest BCUT2D eigenvalue weighted by Crippen LogP contribution is -1.90. The number of rotatable bonds is 4. The van der Waals surface area contributed by atoms with Crippen LogP contribution >= 0.6 is 11.3 Å². The molecule has 21 heavy (non-hydrogen) atoms. The fourth-order valence-corrected chi connectivity index (χ4v) is 2.88. The van der Waals surface area contributed by atoms with E-state index in [1.54, 1.807) is 11.3 Å². The largest absolute Gasteiger partial charge is 0.332 e. The standard InChI is InChI=1S/C17H17N3S/c1-3-14-10-13(7-8-18-14)16-11-21-17(20-16)19-15-6-4-5-12(2)9-15/h4-11H,3H2,1-2H3,(H,19,20). The monoisotopic (exact) mass is 295 g/mol. The number of aryl methyl sites for hydroxylation is 2. The topological polar surface area (TPSA) is 37.8 Å². The third-order valence-electron chi connectivity index (χ3n) is 3.25. The first kappa shape index (κ1) is 13.8. The van der Waals surface area contributed by atoms with Crippen LogP contribution in [0, 0.1) is 6.92 Å². The molecule has 4 heteroatoms. The molecular formula is C17H17N3S. The maximum absolute atomic E-state index is 4.66. The van der Waals surface area contributed by atoms with E-state index in [-0.39, 0.29) is 0 Å². The zero-order chi connectivity index (χ0) is 14.7. The van der Waals surface area contributed by atoms with Gasteiger partial charge in [0.2, 0.25) is 0 Å². The predicted molar refractivity (Wildman–Crippen MR) is 89.2 cm³/mol. The number of nitrogens with one attached hydrogen (secondary N) is 1. The molecule has 2 heterocycles. The Morgan fingerprint density at radius 3 is 2.90 bits per heavy atom. The second-order valence-corrected chi connectivity index (χ2v) is 5.78. The van der Waals surface area contributed by atoms with Crippen molar-refractivity contribution in [1.82, 2.24) is 9.97 Å². The molecule has 0 saturated heterocycles. The quantitative estimate of drug-likeness (QED) is 0.750. The van der Waals surface area contributed by atoms with Crippen molar-refractivity contribution in [3.05, 3.63) is 59.2 Å². The van der Waals surface area contributed by atoms with Crippen LogP contribution in [0.4, 0.5) is 10.8 Å². The Balaban J connectivity index is 1.82. The van der Waals surface area contributed by atoms with E-state index in [1.165, 1.54) is 5.56 Å². The lowest BCUT2D eigenvalue weighted by Gasteiger charge is -2.03. The summed E-state index contributed by atoms with van der Waals surface area (Å²) in [6, 6.07) is 12.4. The molecule has 2 aromatic heterocycles. The maximum atomic E-state index is 4.66. The molecular weight excluding hydrogens is 278 g/mol. The normalized spacial score (nSPS) is 10.6. The van der Waals surface area contributed by atoms with Gasteiger partial charge in [-0.25, -0.2) is 4.98 Å². The van der Waals surface area contributed by atoms with Crippen LogP contribution in [-0.4, -0.2) is 9.97 Å². The fourth-order valence-electron chi connectivity index (χ4n) is 2.14. The van der Waals surface area contributed by atoms with Gasteiger partial charge in [0.05, 0.1) is 5.69 Å². The van der Waals surface area contributed by atoms with Crippen LogP contribution in [0.5, 0.6) is 0 Å². The lowest BCUT2D eigenvalue weighted by atomic mass is 10.1. The van der Waals surface area contributed by atoms with Crippen LogP contribution in [0.1, 0.15) is 18.2 Å². The molecule has 0 bridgehead atoms. The Hall–Kier alpha value is -2.20. The Kier molecular flexibility index (Phi) is 3.97. The lowest BCUT2D eigenvalue weighted by molar-refractivity contribution is 1.04. The van der Waals surface area contributed by atoms with E-state index in [4.69, 9.17) is 0 Å². The van der Waals surface area contributed by atoms with E-state index < -0.39 is 0 Å². The number of nitrogens with zero attached hydrogens (tertiary/aromatic N) is 2. The van der Waals surface area contributed by atoms with Crippen LogP contribution in [0.15, 0.2) is 48.0 Å². The van der Waals surface area contributed by atoms with Gasteiger partial charge in [-0.1, -0.05) is 19.1 Å². The summed E-state index contributed by atoms with van der Waals surface area (Å²) in [6.07, 6.45) is 2.79. The molecule has 3 aromatic rings. The number of aromatic nitrogens is 2. The molecule has 0 radical (unpaired) electrons. The van der Waals surface area contributed by atoms with Gasteiger partial charge < -0.3 is 5.32 Å². The highest BCUT2D eigenvalue weighted by molar-refractivity contribution is 7.14. The Morgan fingerprint density at radius 2 is 2.10 bits per heavy atom. The van der Waals surface area contributed by atoms with Gasteiger partial charge in [0.15, 0.2) is 5.13 Å². The Morgan fingerprint density at radius 1 is 1.19 bits per heavy atom. The number of hydrogen-bond donors (Lipinski definition) is 1. The molecule has 0 spiro atoms. The molecule has 0 aliphatic carbocycles. The van der Waals surface area contributed by atoms with Crippen LogP contribution < -0.4 is 5.32 Å². The molecule has 0 unspecified atom stereocenters. The van der Waals surface area contributed by atoms with E-state index in [0.717, 1.165) is 34.2 Å². The van der Waals surface area contributed by atoms with E-state index in [2.05, 4.69) is 58.8 Å². The average Bonchev–Trinajstić information content (AvgIpc) is 2.96. The van der Waals surface area contributed by atoms with Gasteiger partial charge in [-0.2, -0.15) is 0 Å². The molecule has 0 aliphatic rings. The summed E-state index contributed by atoms with van der Waals surface area (Å²) in [7, 11) is 0. The van der Waals surface area contributed by atoms with Crippen molar-refractivity contribution in [2.24, 2.45) is 0 Å². The van der Waals surface area contributed by atoms with Gasteiger partial charge in [0, 0.05) is 28.5 Å². The molecule has 1 N–H and O–H groups in total. The highest BCUT2D eigenvalue weighted by Gasteiger charge is 2.06. The number of benzene rings is 1. The van der Waals surface area contributed by atoms with Crippen molar-refractivity contribution in [2.45, 2.75) is 20.3 Å². The molecule has 3 rings (SSSR count). The average molecular weight is 295 g/mol. The summed E-state index contributed by atoms with van der Waals surface area (Å²) in [5.74, 6) is 0. The summed E-state index contributed by atoms with van der Waals surface area (Å²) in [5.41, 5.74) is 5.51. The highest BCUT2D eigenvalue weighted by atomic mass is 32.1. The van der Waals surface area contributed by atoms with E-state index >= 15 is 0 Å². The summed E-state index contributed by atoms with van der Waals surface area (Å²) in [6.45, 7) is 4.19. The summed E-state index contributed by atoms with van der Waals surface area (Å²) in [5, 5.41) is 6.34. The second kappa shape index (κ2) is 6.06. The number of anilines is 2. The smallest absolute Gasteiger partial charge is 0.187 e. The predicted octanol–water partition coefficient (Wildman–Crippen LogP) is 4.82. The minimum absolute atomic E-state index is 0.908. The molecule has 0 saturated carbocycles. The summed E-state index contributed by atoms with van der Waals surface area (Å²) < 4.78 is 0. The van der Waals surface area contributed by atoms with Crippen molar-refractivity contribution >= 4 is 22.2 Å². The van der Waals surface area contributed by atoms with E-state index in [1.807, 2.05) is 18.3 Å². The van der Waals surface area contributed by atoms with Crippen LogP contribution in [0.3, 0.4) is 0 Å². The third kappa shape index (κ3) is 3.28. The molecule has 106 valence electrons. The minimum atomic E-state index is 0.908. The Labute approximate surface area is 128 Å². The van der Waals surface area contributed by atoms with E-state index in [0.29, 0.717) is 0 Å². The van der Waals surface area contributed by atoms with Crippen molar-refractivity contribution in [1.29, 1.82) is 0 Å². The SMILES string of the molecule is CCc1cc(-c2csc(Nc3cccc(C)c3)n2)ccn1. The van der Waals surface area contributed by atoms with Crippen LogP contribution in [0.25, 0.3) is 11.3 Å². The van der Waals surface area contributed by atoms with Crippen molar-refractivity contribution in [3.63, 3.8) is 0 Å². The molecule has 1 aromatic carbocycles. The van der Waals surface area contributed by atoms with Gasteiger partial charge in [0.25, 0.3) is 0 Å². The highest BCUT2D eigenvalue weighted by Crippen LogP contribution is 2.27. The molecule has 0 atom stereocenters. The zero-order valence-electron chi connectivity index (χ0n) is 12.1. The summed E-state index contributed by atoms with van der Waals surface area (Å²) >= 11 is 1.62. The molecule has 0 amide bonds. The summed E-state index contributed by atoms with van der Waals surface area (Å²) in [4.78, 5) is 8.99. The van der Waals surface area contributed by atoms with Gasteiger partial charge in [-0.05, 0) is 43.2 Å². The third-order valence-corrected chi connectivity index (χ3v) is 4.01. The Bertz CT molecular complexity index is 749. The van der Waals surface area contributed by atoms with Crippen LogP contribution in [-0.2, 0) is 6.42 Å². The number of thiazole rings is 1. The van der Waals surface area contributed by atoms with Crippen molar-refractivity contribution in [2.75, 3.05) is 5.32 Å². The first-order valence-electron chi connectivity index (χ1n) is 6.99. The fraction of sp³-hybridized carbons (Fsp3) is 0.176. The van der Waals surface area contributed by atoms with Gasteiger partial charge >= 0.3 is 0 Å². The van der Waals surface area contributed by atoms with Crippen molar-refractivity contribution < 1.29 is 0 Å².